The minimum Gasteiger partial charge on any atom is -0.419 e. The van der Waals surface area contributed by atoms with Crippen LogP contribution in [0.5, 0.6) is 0 Å². The van der Waals surface area contributed by atoms with Gasteiger partial charge in [-0.15, -0.1) is 10.2 Å². The van der Waals surface area contributed by atoms with Gasteiger partial charge in [0.25, 0.3) is 0 Å². The van der Waals surface area contributed by atoms with Gasteiger partial charge in [-0.1, -0.05) is 17.7 Å². The molecule has 6 nitrogen and oxygen atoms in total. The molecule has 3 heterocycles. The Labute approximate surface area is 147 Å². The van der Waals surface area contributed by atoms with Crippen LogP contribution in [0.15, 0.2) is 34.7 Å². The fraction of sp³-hybridized carbons (Fsp3) is 0.421. The van der Waals surface area contributed by atoms with Crippen LogP contribution in [0.2, 0.25) is 0 Å². The summed E-state index contributed by atoms with van der Waals surface area (Å²) in [5.41, 5.74) is 4.44. The Morgan fingerprint density at radius 1 is 1.12 bits per heavy atom. The molecule has 1 aliphatic rings. The molecule has 1 unspecified atom stereocenters. The van der Waals surface area contributed by atoms with E-state index in [1.807, 2.05) is 19.1 Å². The lowest BCUT2D eigenvalue weighted by molar-refractivity contribution is 0.0473. The van der Waals surface area contributed by atoms with Gasteiger partial charge < -0.3 is 4.42 Å². The van der Waals surface area contributed by atoms with Crippen LogP contribution < -0.4 is 0 Å². The number of benzene rings is 1. The number of aromatic nitrogens is 4. The molecule has 0 aliphatic carbocycles. The number of aryl methyl sites for hydroxylation is 3. The molecule has 0 spiro atoms. The minimum absolute atomic E-state index is 0.110. The second kappa shape index (κ2) is 6.11. The Kier molecular flexibility index (Phi) is 3.92. The SMILES string of the molecule is Cc1cccc(-c2nnc(C(C)N3CC(n4nc(C)cc4C)C3)o2)c1. The molecule has 3 aromatic rings. The molecule has 130 valence electrons. The van der Waals surface area contributed by atoms with Gasteiger partial charge in [0, 0.05) is 24.3 Å². The summed E-state index contributed by atoms with van der Waals surface area (Å²) >= 11 is 0. The van der Waals surface area contributed by atoms with Crippen molar-refractivity contribution in [2.45, 2.75) is 39.8 Å². The average molecular weight is 337 g/mol. The van der Waals surface area contributed by atoms with Crippen molar-refractivity contribution in [3.05, 3.63) is 53.2 Å². The second-order valence-electron chi connectivity index (χ2n) is 6.97. The predicted octanol–water partition coefficient (Wildman–Crippen LogP) is 3.48. The smallest absolute Gasteiger partial charge is 0.247 e. The van der Waals surface area contributed by atoms with Gasteiger partial charge in [0.05, 0.1) is 17.8 Å². The third-order valence-electron chi connectivity index (χ3n) is 4.89. The van der Waals surface area contributed by atoms with E-state index in [2.05, 4.69) is 63.8 Å². The highest BCUT2D eigenvalue weighted by Crippen LogP contribution is 2.32. The van der Waals surface area contributed by atoms with Crippen LogP contribution in [0, 0.1) is 20.8 Å². The van der Waals surface area contributed by atoms with Gasteiger partial charge in [-0.3, -0.25) is 9.58 Å². The molecule has 1 atom stereocenters. The van der Waals surface area contributed by atoms with Crippen molar-refractivity contribution in [2.75, 3.05) is 13.1 Å². The molecule has 4 rings (SSSR count). The minimum atomic E-state index is 0.110. The second-order valence-corrected chi connectivity index (χ2v) is 6.97. The third-order valence-corrected chi connectivity index (χ3v) is 4.89. The first-order chi connectivity index (χ1) is 12.0. The maximum Gasteiger partial charge on any atom is 0.247 e. The van der Waals surface area contributed by atoms with Crippen molar-refractivity contribution < 1.29 is 4.42 Å². The van der Waals surface area contributed by atoms with E-state index in [0.717, 1.165) is 24.3 Å². The van der Waals surface area contributed by atoms with Gasteiger partial charge in [0.15, 0.2) is 0 Å². The number of likely N-dealkylation sites (tertiary alicyclic amines) is 1. The monoisotopic (exact) mass is 337 g/mol. The normalized spacial score (nSPS) is 16.8. The van der Waals surface area contributed by atoms with Crippen LogP contribution >= 0.6 is 0 Å². The van der Waals surface area contributed by atoms with Gasteiger partial charge in [0.2, 0.25) is 11.8 Å². The van der Waals surface area contributed by atoms with Crippen LogP contribution in [-0.4, -0.2) is 38.0 Å². The Morgan fingerprint density at radius 2 is 1.92 bits per heavy atom. The number of nitrogens with zero attached hydrogens (tertiary/aromatic N) is 5. The molecule has 2 aromatic heterocycles. The number of rotatable bonds is 4. The van der Waals surface area contributed by atoms with Crippen LogP contribution in [0.3, 0.4) is 0 Å². The summed E-state index contributed by atoms with van der Waals surface area (Å²) in [6, 6.07) is 10.8. The lowest BCUT2D eigenvalue weighted by Gasteiger charge is -2.42. The van der Waals surface area contributed by atoms with Gasteiger partial charge in [-0.25, -0.2) is 0 Å². The quantitative estimate of drug-likeness (QED) is 0.729. The van der Waals surface area contributed by atoms with E-state index < -0.39 is 0 Å². The van der Waals surface area contributed by atoms with Gasteiger partial charge >= 0.3 is 0 Å². The van der Waals surface area contributed by atoms with Crippen LogP contribution in [0.4, 0.5) is 0 Å². The molecule has 1 saturated heterocycles. The van der Waals surface area contributed by atoms with E-state index in [9.17, 15) is 0 Å². The fourth-order valence-corrected chi connectivity index (χ4v) is 3.43. The Hall–Kier alpha value is -2.47. The highest BCUT2D eigenvalue weighted by molar-refractivity contribution is 5.53. The van der Waals surface area contributed by atoms with E-state index in [1.54, 1.807) is 0 Å². The molecule has 1 fully saturated rings. The molecule has 0 radical (unpaired) electrons. The van der Waals surface area contributed by atoms with Gasteiger partial charge in [-0.2, -0.15) is 5.10 Å². The van der Waals surface area contributed by atoms with Crippen molar-refractivity contribution in [3.8, 4) is 11.5 Å². The zero-order valence-corrected chi connectivity index (χ0v) is 15.1. The fourth-order valence-electron chi connectivity index (χ4n) is 3.43. The molecular formula is C19H23N5O. The maximum absolute atomic E-state index is 5.93. The van der Waals surface area contributed by atoms with Crippen LogP contribution in [-0.2, 0) is 0 Å². The molecule has 0 bridgehead atoms. The van der Waals surface area contributed by atoms with Crippen LogP contribution in [0.1, 0.15) is 41.8 Å². The van der Waals surface area contributed by atoms with Gasteiger partial charge in [-0.05, 0) is 45.9 Å². The number of hydrogen-bond acceptors (Lipinski definition) is 5. The molecule has 0 saturated carbocycles. The topological polar surface area (TPSA) is 60.0 Å². The molecule has 1 aliphatic heterocycles. The first kappa shape index (κ1) is 16.0. The molecule has 0 amide bonds. The molecule has 6 heteroatoms. The van der Waals surface area contributed by atoms with Gasteiger partial charge in [0.1, 0.15) is 0 Å². The van der Waals surface area contributed by atoms with E-state index in [1.165, 1.54) is 11.3 Å². The average Bonchev–Trinajstić information content (AvgIpc) is 3.13. The summed E-state index contributed by atoms with van der Waals surface area (Å²) in [7, 11) is 0. The van der Waals surface area contributed by atoms with E-state index in [4.69, 9.17) is 4.42 Å². The first-order valence-corrected chi connectivity index (χ1v) is 8.68. The lowest BCUT2D eigenvalue weighted by atomic mass is 10.1. The zero-order valence-electron chi connectivity index (χ0n) is 15.1. The first-order valence-electron chi connectivity index (χ1n) is 8.68. The highest BCUT2D eigenvalue weighted by Gasteiger charge is 2.35. The molecule has 0 N–H and O–H groups in total. The van der Waals surface area contributed by atoms with Crippen molar-refractivity contribution in [2.24, 2.45) is 0 Å². The molecule has 25 heavy (non-hydrogen) atoms. The number of hydrogen-bond donors (Lipinski definition) is 0. The van der Waals surface area contributed by atoms with Crippen LogP contribution in [0.25, 0.3) is 11.5 Å². The highest BCUT2D eigenvalue weighted by atomic mass is 16.4. The summed E-state index contributed by atoms with van der Waals surface area (Å²) in [6.07, 6.45) is 0. The van der Waals surface area contributed by atoms with E-state index in [0.29, 0.717) is 17.8 Å². The summed E-state index contributed by atoms with van der Waals surface area (Å²) in [4.78, 5) is 2.34. The Morgan fingerprint density at radius 3 is 2.60 bits per heavy atom. The van der Waals surface area contributed by atoms with Crippen molar-refractivity contribution >= 4 is 0 Å². The molecule has 1 aromatic carbocycles. The van der Waals surface area contributed by atoms with E-state index in [-0.39, 0.29) is 6.04 Å². The van der Waals surface area contributed by atoms with Crippen molar-refractivity contribution in [1.82, 2.24) is 24.9 Å². The predicted molar refractivity (Wildman–Crippen MR) is 95.2 cm³/mol. The Balaban J connectivity index is 1.44. The maximum atomic E-state index is 5.93. The van der Waals surface area contributed by atoms with E-state index >= 15 is 0 Å². The molecular weight excluding hydrogens is 314 g/mol. The third kappa shape index (κ3) is 2.98. The van der Waals surface area contributed by atoms with Crippen molar-refractivity contribution in [1.29, 1.82) is 0 Å². The zero-order chi connectivity index (χ0) is 17.6. The summed E-state index contributed by atoms with van der Waals surface area (Å²) in [5, 5.41) is 13.1. The summed E-state index contributed by atoms with van der Waals surface area (Å²) < 4.78 is 8.06. The Bertz CT molecular complexity index is 891. The largest absolute Gasteiger partial charge is 0.419 e. The standard InChI is InChI=1S/C19H23N5O/c1-12-6-5-7-16(8-12)19-21-20-18(25-19)15(4)23-10-17(11-23)24-14(3)9-13(2)22-24/h5-9,15,17H,10-11H2,1-4H3. The van der Waals surface area contributed by atoms with Crippen molar-refractivity contribution in [3.63, 3.8) is 0 Å². The summed E-state index contributed by atoms with van der Waals surface area (Å²) in [5.74, 6) is 1.25. The summed E-state index contributed by atoms with van der Waals surface area (Å²) in [6.45, 7) is 10.2. The lowest BCUT2D eigenvalue weighted by Crippen LogP contribution is -2.49.